The largest absolute Gasteiger partial charge is 0.497 e. The molecular weight excluding hydrogens is 356 g/mol. The molecular formula is C18H21ClN4O3. The number of methoxy groups -OCH3 is 2. The Labute approximate surface area is 157 Å². The monoisotopic (exact) mass is 376 g/mol. The van der Waals surface area contributed by atoms with E-state index in [0.29, 0.717) is 10.8 Å². The van der Waals surface area contributed by atoms with Crippen LogP contribution in [-0.2, 0) is 0 Å². The van der Waals surface area contributed by atoms with Gasteiger partial charge in [0.1, 0.15) is 17.3 Å². The Morgan fingerprint density at radius 2 is 1.96 bits per heavy atom. The molecule has 3 N–H and O–H groups in total. The molecule has 0 saturated carbocycles. The zero-order valence-corrected chi connectivity index (χ0v) is 15.4. The summed E-state index contributed by atoms with van der Waals surface area (Å²) >= 11 is 6.20. The molecule has 1 saturated heterocycles. The van der Waals surface area contributed by atoms with Crippen LogP contribution in [0.2, 0.25) is 5.02 Å². The average Bonchev–Trinajstić information content (AvgIpc) is 3.11. The summed E-state index contributed by atoms with van der Waals surface area (Å²) in [6.45, 7) is 1.66. The summed E-state index contributed by atoms with van der Waals surface area (Å²) < 4.78 is 10.7. The van der Waals surface area contributed by atoms with Crippen molar-refractivity contribution in [2.45, 2.75) is 12.5 Å². The number of amides is 1. The molecule has 138 valence electrons. The second-order valence-corrected chi connectivity index (χ2v) is 6.47. The van der Waals surface area contributed by atoms with Crippen molar-refractivity contribution in [2.75, 3.05) is 37.5 Å². The van der Waals surface area contributed by atoms with E-state index >= 15 is 0 Å². The van der Waals surface area contributed by atoms with Gasteiger partial charge < -0.3 is 25.4 Å². The summed E-state index contributed by atoms with van der Waals surface area (Å²) in [7, 11) is 3.27. The molecule has 0 radical (unpaired) electrons. The number of carbonyl (C=O) groups excluding carboxylic acids is 1. The standard InChI is InChI=1S/C18H21ClN4O3/c1-25-14-6-13(7-15(8-14)26-2)23-4-3-12(10-23)22-18-16(19)5-11(9-21-18)17(20)24/h5-9,12H,3-4,10H2,1-2H3,(H2,20,24)(H,21,22). The zero-order valence-electron chi connectivity index (χ0n) is 14.7. The number of rotatable bonds is 6. The summed E-state index contributed by atoms with van der Waals surface area (Å²) in [5.74, 6) is 1.50. The summed E-state index contributed by atoms with van der Waals surface area (Å²) in [6, 6.07) is 7.52. The summed E-state index contributed by atoms with van der Waals surface area (Å²) in [5, 5.41) is 3.71. The van der Waals surface area contributed by atoms with Crippen molar-refractivity contribution in [3.05, 3.63) is 41.0 Å². The Morgan fingerprint density at radius 1 is 1.27 bits per heavy atom. The van der Waals surface area contributed by atoms with Crippen molar-refractivity contribution < 1.29 is 14.3 Å². The highest BCUT2D eigenvalue weighted by Crippen LogP contribution is 2.31. The lowest BCUT2D eigenvalue weighted by Crippen LogP contribution is -2.26. The lowest BCUT2D eigenvalue weighted by atomic mass is 10.2. The van der Waals surface area contributed by atoms with E-state index < -0.39 is 5.91 Å². The van der Waals surface area contributed by atoms with Gasteiger partial charge in [0.25, 0.3) is 0 Å². The molecule has 1 aliphatic rings. The van der Waals surface area contributed by atoms with Crippen molar-refractivity contribution in [1.29, 1.82) is 0 Å². The van der Waals surface area contributed by atoms with Crippen molar-refractivity contribution >= 4 is 29.0 Å². The minimum absolute atomic E-state index is 0.177. The molecule has 0 bridgehead atoms. The third-order valence-electron chi connectivity index (χ3n) is 4.36. The number of pyridine rings is 1. The number of nitrogens with zero attached hydrogens (tertiary/aromatic N) is 2. The number of hydrogen-bond donors (Lipinski definition) is 2. The first-order chi connectivity index (χ1) is 12.5. The molecule has 26 heavy (non-hydrogen) atoms. The van der Waals surface area contributed by atoms with Gasteiger partial charge in [0, 0.05) is 49.2 Å². The van der Waals surface area contributed by atoms with Gasteiger partial charge >= 0.3 is 0 Å². The number of nitrogens with two attached hydrogens (primary N) is 1. The molecule has 1 aromatic heterocycles. The molecule has 3 rings (SSSR count). The molecule has 1 atom stereocenters. The average molecular weight is 377 g/mol. The van der Waals surface area contributed by atoms with E-state index in [0.717, 1.165) is 36.7 Å². The normalized spacial score (nSPS) is 16.4. The van der Waals surface area contributed by atoms with Crippen molar-refractivity contribution in [3.8, 4) is 11.5 Å². The fourth-order valence-corrected chi connectivity index (χ4v) is 3.18. The molecule has 2 aromatic rings. The molecule has 1 amide bonds. The number of ether oxygens (including phenoxy) is 2. The quantitative estimate of drug-likeness (QED) is 0.805. The van der Waals surface area contributed by atoms with E-state index in [4.69, 9.17) is 26.8 Å². The van der Waals surface area contributed by atoms with Crippen molar-refractivity contribution in [2.24, 2.45) is 5.73 Å². The second kappa shape index (κ2) is 7.70. The number of halogens is 1. The van der Waals surface area contributed by atoms with Gasteiger partial charge in [-0.15, -0.1) is 0 Å². The fraction of sp³-hybridized carbons (Fsp3) is 0.333. The van der Waals surface area contributed by atoms with Crippen LogP contribution >= 0.6 is 11.6 Å². The SMILES string of the molecule is COc1cc(OC)cc(N2CCC(Nc3ncc(C(N)=O)cc3Cl)C2)c1. The smallest absolute Gasteiger partial charge is 0.250 e. The number of benzene rings is 1. The molecule has 1 aliphatic heterocycles. The summed E-state index contributed by atoms with van der Waals surface area (Å²) in [6.07, 6.45) is 2.35. The number of anilines is 2. The van der Waals surface area contributed by atoms with Crippen LogP contribution in [0.15, 0.2) is 30.5 Å². The molecule has 1 fully saturated rings. The molecule has 1 aromatic carbocycles. The molecule has 0 aliphatic carbocycles. The number of primary amides is 1. The number of hydrogen-bond acceptors (Lipinski definition) is 6. The maximum absolute atomic E-state index is 11.2. The van der Waals surface area contributed by atoms with Gasteiger partial charge in [-0.2, -0.15) is 0 Å². The van der Waals surface area contributed by atoms with Crippen LogP contribution in [0.4, 0.5) is 11.5 Å². The first-order valence-corrected chi connectivity index (χ1v) is 8.58. The lowest BCUT2D eigenvalue weighted by Gasteiger charge is -2.21. The topological polar surface area (TPSA) is 89.7 Å². The molecule has 2 heterocycles. The van der Waals surface area contributed by atoms with Crippen LogP contribution in [0.5, 0.6) is 11.5 Å². The highest BCUT2D eigenvalue weighted by molar-refractivity contribution is 6.33. The van der Waals surface area contributed by atoms with Crippen LogP contribution in [0.1, 0.15) is 16.8 Å². The van der Waals surface area contributed by atoms with Gasteiger partial charge in [-0.05, 0) is 12.5 Å². The van der Waals surface area contributed by atoms with Gasteiger partial charge in [0.15, 0.2) is 0 Å². The van der Waals surface area contributed by atoms with Crippen LogP contribution in [0.25, 0.3) is 0 Å². The Kier molecular flexibility index (Phi) is 5.37. The van der Waals surface area contributed by atoms with E-state index in [1.54, 1.807) is 14.2 Å². The summed E-state index contributed by atoms with van der Waals surface area (Å²) in [4.78, 5) is 17.6. The highest BCUT2D eigenvalue weighted by atomic mass is 35.5. The van der Waals surface area contributed by atoms with E-state index in [2.05, 4.69) is 15.2 Å². The molecule has 7 nitrogen and oxygen atoms in total. The van der Waals surface area contributed by atoms with Crippen LogP contribution in [-0.4, -0.2) is 44.2 Å². The van der Waals surface area contributed by atoms with Gasteiger partial charge in [-0.1, -0.05) is 11.6 Å². The number of nitrogens with one attached hydrogen (secondary N) is 1. The van der Waals surface area contributed by atoms with Crippen molar-refractivity contribution in [3.63, 3.8) is 0 Å². The lowest BCUT2D eigenvalue weighted by molar-refractivity contribution is 0.1000. The maximum Gasteiger partial charge on any atom is 0.250 e. The molecule has 8 heteroatoms. The predicted molar refractivity (Wildman–Crippen MR) is 102 cm³/mol. The predicted octanol–water partition coefficient (Wildman–Crippen LogP) is 2.54. The Hall–Kier alpha value is -2.67. The van der Waals surface area contributed by atoms with Gasteiger partial charge in [-0.3, -0.25) is 4.79 Å². The third-order valence-corrected chi connectivity index (χ3v) is 4.64. The van der Waals surface area contributed by atoms with E-state index in [9.17, 15) is 4.79 Å². The van der Waals surface area contributed by atoms with Crippen molar-refractivity contribution in [1.82, 2.24) is 4.98 Å². The maximum atomic E-state index is 11.2. The highest BCUT2D eigenvalue weighted by Gasteiger charge is 2.24. The zero-order chi connectivity index (χ0) is 18.7. The van der Waals surface area contributed by atoms with E-state index in [1.807, 2.05) is 18.2 Å². The van der Waals surface area contributed by atoms with Crippen LogP contribution in [0.3, 0.4) is 0 Å². The van der Waals surface area contributed by atoms with E-state index in [-0.39, 0.29) is 11.6 Å². The van der Waals surface area contributed by atoms with Gasteiger partial charge in [0.05, 0.1) is 24.8 Å². The van der Waals surface area contributed by atoms with Crippen LogP contribution in [0, 0.1) is 0 Å². The fourth-order valence-electron chi connectivity index (χ4n) is 2.96. The van der Waals surface area contributed by atoms with Gasteiger partial charge in [0.2, 0.25) is 5.91 Å². The van der Waals surface area contributed by atoms with Crippen LogP contribution < -0.4 is 25.4 Å². The molecule has 1 unspecified atom stereocenters. The summed E-state index contributed by atoms with van der Waals surface area (Å²) in [5.41, 5.74) is 6.57. The second-order valence-electron chi connectivity index (χ2n) is 6.07. The van der Waals surface area contributed by atoms with E-state index in [1.165, 1.54) is 12.3 Å². The molecule has 0 spiro atoms. The Bertz CT molecular complexity index is 793. The minimum Gasteiger partial charge on any atom is -0.497 e. The van der Waals surface area contributed by atoms with Gasteiger partial charge in [-0.25, -0.2) is 4.98 Å². The Morgan fingerprint density at radius 3 is 2.54 bits per heavy atom. The first-order valence-electron chi connectivity index (χ1n) is 8.20. The third kappa shape index (κ3) is 3.94. The number of carbonyl (C=O) groups is 1. The first kappa shape index (κ1) is 18.1. The Balaban J connectivity index is 1.70. The minimum atomic E-state index is -0.551. The number of aromatic nitrogens is 1.